The molecule has 2 heterocycles. The normalized spacial score (nSPS) is 11.7. The average molecular weight is 496 g/mol. The van der Waals surface area contributed by atoms with Gasteiger partial charge in [-0.05, 0) is 55.8 Å². The van der Waals surface area contributed by atoms with Crippen LogP contribution in [-0.4, -0.2) is 27.5 Å². The molecule has 1 amide bonds. The second-order valence-electron chi connectivity index (χ2n) is 8.36. The second kappa shape index (κ2) is 10.5. The van der Waals surface area contributed by atoms with Gasteiger partial charge < -0.3 is 15.4 Å². The Bertz CT molecular complexity index is 1500. The molecule has 0 aliphatic rings. The molecule has 0 fully saturated rings. The zero-order chi connectivity index (χ0) is 24.9. The maximum absolute atomic E-state index is 12.2. The molecule has 7 nitrogen and oxygen atoms in total. The van der Waals surface area contributed by atoms with Crippen molar-refractivity contribution in [1.29, 1.82) is 0 Å². The minimum absolute atomic E-state index is 0.0437. The summed E-state index contributed by atoms with van der Waals surface area (Å²) in [6, 6.07) is 25.1. The summed E-state index contributed by atoms with van der Waals surface area (Å²) < 4.78 is 6.86. The fourth-order valence-corrected chi connectivity index (χ4v) is 4.57. The highest BCUT2D eigenvalue weighted by molar-refractivity contribution is 7.16. The molecular weight excluding hydrogens is 470 g/mol. The molecule has 0 bridgehead atoms. The molecule has 0 aliphatic carbocycles. The largest absolute Gasteiger partial charge is 0.484 e. The first-order valence-electron chi connectivity index (χ1n) is 11.6. The van der Waals surface area contributed by atoms with Crippen molar-refractivity contribution in [2.24, 2.45) is 0 Å². The van der Waals surface area contributed by atoms with Gasteiger partial charge in [0.05, 0.1) is 27.5 Å². The fourth-order valence-electron chi connectivity index (χ4n) is 3.85. The summed E-state index contributed by atoms with van der Waals surface area (Å²) in [6.07, 6.45) is 0. The van der Waals surface area contributed by atoms with Crippen LogP contribution in [-0.2, 0) is 4.79 Å². The van der Waals surface area contributed by atoms with Crippen LogP contribution in [0.1, 0.15) is 24.4 Å². The van der Waals surface area contributed by atoms with Crippen LogP contribution in [0.4, 0.5) is 11.5 Å². The number of rotatable bonds is 8. The standard InChI is InChI=1S/C28H25N5O2S/c1-18(20-7-6-10-23(13-20)35-16-28(34)33-22-8-4-3-5-9-22)30-27-15-25(31-19(2)32-27)21-11-12-24-26(14-21)36-17-29-24/h3-15,17-18H,16H2,1-2H3,(H,33,34)(H,30,31,32). The van der Waals surface area contributed by atoms with Crippen LogP contribution in [0.25, 0.3) is 21.5 Å². The number of fused-ring (bicyclic) bond motifs is 1. The van der Waals surface area contributed by atoms with Gasteiger partial charge in [-0.25, -0.2) is 15.0 Å². The molecule has 180 valence electrons. The molecule has 0 saturated carbocycles. The zero-order valence-electron chi connectivity index (χ0n) is 19.9. The van der Waals surface area contributed by atoms with Crippen molar-refractivity contribution in [3.8, 4) is 17.0 Å². The maximum Gasteiger partial charge on any atom is 0.262 e. The summed E-state index contributed by atoms with van der Waals surface area (Å²) in [5.74, 6) is 1.84. The molecule has 0 saturated heterocycles. The quantitative estimate of drug-likeness (QED) is 0.264. The lowest BCUT2D eigenvalue weighted by molar-refractivity contribution is -0.118. The third kappa shape index (κ3) is 5.67. The van der Waals surface area contributed by atoms with Gasteiger partial charge in [0.25, 0.3) is 5.91 Å². The molecule has 3 aromatic carbocycles. The van der Waals surface area contributed by atoms with Crippen LogP contribution in [0.5, 0.6) is 5.75 Å². The smallest absolute Gasteiger partial charge is 0.262 e. The van der Waals surface area contributed by atoms with Gasteiger partial charge in [0.2, 0.25) is 0 Å². The Morgan fingerprint density at radius 3 is 2.72 bits per heavy atom. The second-order valence-corrected chi connectivity index (χ2v) is 9.25. The Morgan fingerprint density at radius 1 is 1.00 bits per heavy atom. The monoisotopic (exact) mass is 495 g/mol. The van der Waals surface area contributed by atoms with Crippen molar-refractivity contribution in [3.63, 3.8) is 0 Å². The predicted molar refractivity (Wildman–Crippen MR) is 144 cm³/mol. The molecule has 5 aromatic rings. The van der Waals surface area contributed by atoms with E-state index in [0.717, 1.165) is 38.5 Å². The summed E-state index contributed by atoms with van der Waals surface area (Å²) in [5.41, 5.74) is 6.47. The van der Waals surface area contributed by atoms with Crippen LogP contribution in [0.15, 0.2) is 84.4 Å². The van der Waals surface area contributed by atoms with Gasteiger partial charge in [0.15, 0.2) is 6.61 Å². The Kier molecular flexibility index (Phi) is 6.86. The number of hydrogen-bond donors (Lipinski definition) is 2. The molecule has 0 spiro atoms. The van der Waals surface area contributed by atoms with Gasteiger partial charge >= 0.3 is 0 Å². The van der Waals surface area contributed by atoms with Crippen molar-refractivity contribution in [3.05, 3.63) is 95.8 Å². The number of nitrogens with zero attached hydrogens (tertiary/aromatic N) is 3. The lowest BCUT2D eigenvalue weighted by Gasteiger charge is -2.17. The van der Waals surface area contributed by atoms with Crippen LogP contribution < -0.4 is 15.4 Å². The van der Waals surface area contributed by atoms with Crippen LogP contribution in [0, 0.1) is 6.92 Å². The van der Waals surface area contributed by atoms with E-state index in [1.54, 1.807) is 11.3 Å². The first-order chi connectivity index (χ1) is 17.5. The minimum atomic E-state index is -0.210. The van der Waals surface area contributed by atoms with Crippen LogP contribution in [0.3, 0.4) is 0 Å². The van der Waals surface area contributed by atoms with Gasteiger partial charge in [-0.15, -0.1) is 11.3 Å². The van der Waals surface area contributed by atoms with E-state index in [1.807, 2.05) is 85.2 Å². The van der Waals surface area contributed by atoms with E-state index in [2.05, 4.69) is 38.6 Å². The van der Waals surface area contributed by atoms with Gasteiger partial charge in [-0.2, -0.15) is 0 Å². The highest BCUT2D eigenvalue weighted by Gasteiger charge is 2.12. The maximum atomic E-state index is 12.2. The molecule has 1 atom stereocenters. The first kappa shape index (κ1) is 23.4. The molecule has 8 heteroatoms. The van der Waals surface area contributed by atoms with E-state index in [1.165, 1.54) is 0 Å². The molecular formula is C28H25N5O2S. The number of para-hydroxylation sites is 1. The zero-order valence-corrected chi connectivity index (χ0v) is 20.8. The SMILES string of the molecule is Cc1nc(NC(C)c2cccc(OCC(=O)Nc3ccccc3)c2)cc(-c2ccc3ncsc3c2)n1. The topological polar surface area (TPSA) is 89.0 Å². The van der Waals surface area contributed by atoms with Crippen molar-refractivity contribution in [1.82, 2.24) is 15.0 Å². The summed E-state index contributed by atoms with van der Waals surface area (Å²) in [4.78, 5) is 25.8. The van der Waals surface area contributed by atoms with E-state index < -0.39 is 0 Å². The molecule has 0 aliphatic heterocycles. The highest BCUT2D eigenvalue weighted by atomic mass is 32.1. The van der Waals surface area contributed by atoms with E-state index in [4.69, 9.17) is 4.74 Å². The molecule has 1 unspecified atom stereocenters. The summed E-state index contributed by atoms with van der Waals surface area (Å²) in [6.45, 7) is 3.87. The minimum Gasteiger partial charge on any atom is -0.484 e. The van der Waals surface area contributed by atoms with Crippen molar-refractivity contribution >= 4 is 39.0 Å². The molecule has 36 heavy (non-hydrogen) atoms. The van der Waals surface area contributed by atoms with Gasteiger partial charge in [-0.3, -0.25) is 4.79 Å². The number of carbonyl (C=O) groups is 1. The van der Waals surface area contributed by atoms with Gasteiger partial charge in [0, 0.05) is 17.3 Å². The predicted octanol–water partition coefficient (Wildman–Crippen LogP) is 6.25. The number of thiazole rings is 1. The summed E-state index contributed by atoms with van der Waals surface area (Å²) in [7, 11) is 0. The van der Waals surface area contributed by atoms with E-state index in [0.29, 0.717) is 11.6 Å². The Labute approximate surface area is 213 Å². The number of carbonyl (C=O) groups excluding carboxylic acids is 1. The van der Waals surface area contributed by atoms with Gasteiger partial charge in [-0.1, -0.05) is 36.4 Å². The van der Waals surface area contributed by atoms with E-state index >= 15 is 0 Å². The third-order valence-electron chi connectivity index (χ3n) is 5.61. The summed E-state index contributed by atoms with van der Waals surface area (Å²) >= 11 is 1.61. The van der Waals surface area contributed by atoms with Crippen LogP contribution in [0.2, 0.25) is 0 Å². The Balaban J connectivity index is 1.26. The molecule has 0 radical (unpaired) electrons. The number of aryl methyl sites for hydroxylation is 1. The van der Waals surface area contributed by atoms with Gasteiger partial charge in [0.1, 0.15) is 17.4 Å². The van der Waals surface area contributed by atoms with E-state index in [-0.39, 0.29) is 18.6 Å². The average Bonchev–Trinajstić information content (AvgIpc) is 3.36. The summed E-state index contributed by atoms with van der Waals surface area (Å²) in [5, 5.41) is 6.29. The Hall–Kier alpha value is -4.30. The molecule has 5 rings (SSSR count). The molecule has 2 aromatic heterocycles. The van der Waals surface area contributed by atoms with Crippen molar-refractivity contribution in [2.75, 3.05) is 17.2 Å². The fraction of sp³-hybridized carbons (Fsp3) is 0.143. The third-order valence-corrected chi connectivity index (χ3v) is 6.41. The number of nitrogens with one attached hydrogen (secondary N) is 2. The number of ether oxygens (including phenoxy) is 1. The lowest BCUT2D eigenvalue weighted by atomic mass is 10.1. The number of hydrogen-bond acceptors (Lipinski definition) is 7. The van der Waals surface area contributed by atoms with E-state index in [9.17, 15) is 4.79 Å². The first-order valence-corrected chi connectivity index (χ1v) is 12.4. The lowest BCUT2D eigenvalue weighted by Crippen LogP contribution is -2.20. The number of benzene rings is 3. The Morgan fingerprint density at radius 2 is 1.86 bits per heavy atom. The molecule has 2 N–H and O–H groups in total. The van der Waals surface area contributed by atoms with Crippen molar-refractivity contribution < 1.29 is 9.53 Å². The number of anilines is 2. The number of amides is 1. The highest BCUT2D eigenvalue weighted by Crippen LogP contribution is 2.28. The number of aromatic nitrogens is 3. The van der Waals surface area contributed by atoms with Crippen molar-refractivity contribution in [2.45, 2.75) is 19.9 Å². The van der Waals surface area contributed by atoms with Crippen LogP contribution >= 0.6 is 11.3 Å².